The normalized spacial score (nSPS) is 13.0. The molecule has 4 aromatic rings. The zero-order chi connectivity index (χ0) is 27.1. The summed E-state index contributed by atoms with van der Waals surface area (Å²) in [6.45, 7) is 14.0. The van der Waals surface area contributed by atoms with E-state index in [2.05, 4.69) is 20.8 Å². The van der Waals surface area contributed by atoms with Crippen molar-refractivity contribution >= 4 is 38.4 Å². The third-order valence-corrected chi connectivity index (χ3v) is 7.43. The maximum Gasteiger partial charge on any atom is 0.337 e. The Morgan fingerprint density at radius 3 is 2.51 bits per heavy atom. The number of aliphatic carboxylic acids is 1. The Labute approximate surface area is 222 Å². The Bertz CT molecular complexity index is 1460. The van der Waals surface area contributed by atoms with E-state index >= 15 is 0 Å². The molecular formula is C30H36N2O4S. The van der Waals surface area contributed by atoms with Gasteiger partial charge in [-0.25, -0.2) is 9.78 Å². The third kappa shape index (κ3) is 5.34. The molecule has 7 heteroatoms. The number of pyridine rings is 1. The number of aryl methyl sites for hydroxylation is 2. The van der Waals surface area contributed by atoms with Gasteiger partial charge in [-0.1, -0.05) is 20.8 Å². The van der Waals surface area contributed by atoms with Gasteiger partial charge in [-0.2, -0.15) is 0 Å². The number of carboxylic acids is 1. The van der Waals surface area contributed by atoms with Crippen molar-refractivity contribution in [2.24, 2.45) is 5.92 Å². The number of hydrogen-bond donors (Lipinski definition) is 1. The molecule has 0 fully saturated rings. The molecule has 2 heterocycles. The molecule has 0 spiro atoms. The number of fused-ring (bicyclic) bond motifs is 2. The van der Waals surface area contributed by atoms with E-state index in [1.165, 1.54) is 0 Å². The molecule has 0 unspecified atom stereocenters. The summed E-state index contributed by atoms with van der Waals surface area (Å²) in [5.74, 6) is 0.182. The van der Waals surface area contributed by atoms with Crippen molar-refractivity contribution in [2.45, 2.75) is 73.0 Å². The summed E-state index contributed by atoms with van der Waals surface area (Å²) in [7, 11) is 1.66. The van der Waals surface area contributed by atoms with E-state index in [1.807, 2.05) is 58.2 Å². The van der Waals surface area contributed by atoms with Crippen LogP contribution < -0.4 is 4.74 Å². The number of methoxy groups -OCH3 is 1. The summed E-state index contributed by atoms with van der Waals surface area (Å²) in [5.41, 5.74) is 5.28. The Balaban J connectivity index is 2.16. The van der Waals surface area contributed by atoms with Crippen LogP contribution in [0.1, 0.15) is 69.3 Å². The van der Waals surface area contributed by atoms with Crippen molar-refractivity contribution < 1.29 is 19.4 Å². The molecule has 1 atom stereocenters. The predicted octanol–water partition coefficient (Wildman–Crippen LogP) is 7.53. The van der Waals surface area contributed by atoms with Crippen LogP contribution in [0.15, 0.2) is 30.5 Å². The number of thiazole rings is 1. The maximum absolute atomic E-state index is 12.7. The molecule has 0 saturated carbocycles. The lowest BCUT2D eigenvalue weighted by Crippen LogP contribution is -2.28. The van der Waals surface area contributed by atoms with Crippen molar-refractivity contribution in [1.82, 2.24) is 9.97 Å². The highest BCUT2D eigenvalue weighted by molar-refractivity contribution is 7.19. The Hall–Kier alpha value is -3.03. The van der Waals surface area contributed by atoms with Gasteiger partial charge in [-0.05, 0) is 75.4 Å². The van der Waals surface area contributed by atoms with E-state index in [-0.39, 0.29) is 0 Å². The first-order chi connectivity index (χ1) is 17.4. The van der Waals surface area contributed by atoms with Gasteiger partial charge in [0.05, 0.1) is 33.5 Å². The SMILES string of the molecule is CCc1ccnc2c(-c3c([C@H](OC(C)(C)C)C(=O)O)c(C)cc4nc(CC(C)C)sc34)ccc(OC)c12. The second-order valence-electron chi connectivity index (χ2n) is 10.8. The fraction of sp³-hybridized carbons (Fsp3) is 0.433. The van der Waals surface area contributed by atoms with Gasteiger partial charge in [-0.3, -0.25) is 4.98 Å². The molecule has 0 radical (unpaired) electrons. The van der Waals surface area contributed by atoms with Crippen LogP contribution in [0.25, 0.3) is 32.2 Å². The highest BCUT2D eigenvalue weighted by atomic mass is 32.1. The third-order valence-electron chi connectivity index (χ3n) is 6.32. The van der Waals surface area contributed by atoms with E-state index < -0.39 is 17.7 Å². The van der Waals surface area contributed by atoms with Crippen molar-refractivity contribution in [3.63, 3.8) is 0 Å². The van der Waals surface area contributed by atoms with E-state index in [9.17, 15) is 9.90 Å². The molecule has 1 N–H and O–H groups in total. The van der Waals surface area contributed by atoms with E-state index in [0.29, 0.717) is 11.5 Å². The summed E-state index contributed by atoms with van der Waals surface area (Å²) in [5, 5.41) is 12.4. The van der Waals surface area contributed by atoms with Crippen LogP contribution in [-0.2, 0) is 22.4 Å². The first-order valence-electron chi connectivity index (χ1n) is 12.7. The number of aromatic nitrogens is 2. The first kappa shape index (κ1) is 27.0. The minimum atomic E-state index is -1.15. The second kappa shape index (κ2) is 10.4. The highest BCUT2D eigenvalue weighted by Crippen LogP contribution is 2.46. The minimum absolute atomic E-state index is 0.455. The molecule has 0 amide bonds. The van der Waals surface area contributed by atoms with Crippen LogP contribution in [-0.4, -0.2) is 33.8 Å². The van der Waals surface area contributed by atoms with Gasteiger partial charge < -0.3 is 14.6 Å². The molecule has 37 heavy (non-hydrogen) atoms. The lowest BCUT2D eigenvalue weighted by atomic mass is 9.89. The number of benzene rings is 2. The lowest BCUT2D eigenvalue weighted by molar-refractivity contribution is -0.160. The molecule has 0 aliphatic carbocycles. The monoisotopic (exact) mass is 520 g/mol. The molecule has 0 saturated heterocycles. The Morgan fingerprint density at radius 2 is 1.92 bits per heavy atom. The van der Waals surface area contributed by atoms with Gasteiger partial charge in [0.1, 0.15) is 5.75 Å². The lowest BCUT2D eigenvalue weighted by Gasteiger charge is -2.28. The number of hydrogen-bond acceptors (Lipinski definition) is 6. The quantitative estimate of drug-likeness (QED) is 0.259. The summed E-state index contributed by atoms with van der Waals surface area (Å²) in [4.78, 5) is 22.4. The number of ether oxygens (including phenoxy) is 2. The summed E-state index contributed by atoms with van der Waals surface area (Å²) >= 11 is 1.63. The van der Waals surface area contributed by atoms with Crippen LogP contribution in [0.3, 0.4) is 0 Å². The fourth-order valence-corrected chi connectivity index (χ4v) is 6.18. The molecule has 0 aliphatic heterocycles. The second-order valence-corrected chi connectivity index (χ2v) is 11.9. The molecule has 196 valence electrons. The Morgan fingerprint density at radius 1 is 1.19 bits per heavy atom. The van der Waals surface area contributed by atoms with E-state index in [0.717, 1.165) is 67.0 Å². The van der Waals surface area contributed by atoms with Gasteiger partial charge in [0, 0.05) is 34.7 Å². The Kier molecular flexibility index (Phi) is 7.58. The predicted molar refractivity (Wildman–Crippen MR) is 151 cm³/mol. The molecule has 2 aromatic carbocycles. The van der Waals surface area contributed by atoms with Gasteiger partial charge in [0.25, 0.3) is 0 Å². The van der Waals surface area contributed by atoms with Crippen molar-refractivity contribution in [1.29, 1.82) is 0 Å². The molecule has 0 bridgehead atoms. The van der Waals surface area contributed by atoms with Crippen molar-refractivity contribution in [2.75, 3.05) is 7.11 Å². The molecule has 4 rings (SSSR count). The summed E-state index contributed by atoms with van der Waals surface area (Å²) in [6.07, 6.45) is 2.34. The summed E-state index contributed by atoms with van der Waals surface area (Å²) < 4.78 is 12.9. The van der Waals surface area contributed by atoms with Crippen LogP contribution >= 0.6 is 11.3 Å². The summed E-state index contributed by atoms with van der Waals surface area (Å²) in [6, 6.07) is 7.95. The average Bonchev–Trinajstić information content (AvgIpc) is 3.21. The van der Waals surface area contributed by atoms with Crippen LogP contribution in [0.2, 0.25) is 0 Å². The van der Waals surface area contributed by atoms with Crippen LogP contribution in [0, 0.1) is 12.8 Å². The smallest absolute Gasteiger partial charge is 0.337 e. The number of nitrogens with zero attached hydrogens (tertiary/aromatic N) is 2. The largest absolute Gasteiger partial charge is 0.496 e. The first-order valence-corrected chi connectivity index (χ1v) is 13.5. The minimum Gasteiger partial charge on any atom is -0.496 e. The fourth-order valence-electron chi connectivity index (χ4n) is 4.85. The standard InChI is InChI=1S/C30H36N2O4S/c1-9-18-12-13-31-26-19(10-11-21(35-8)24(18)26)25-23(27(29(33)34)36-30(5,6)7)17(4)15-20-28(25)37-22(32-20)14-16(2)3/h10-13,15-16,27H,9,14H2,1-8H3,(H,33,34)/t27-/m0/s1. The maximum atomic E-state index is 12.7. The van der Waals surface area contributed by atoms with E-state index in [1.54, 1.807) is 18.4 Å². The highest BCUT2D eigenvalue weighted by Gasteiger charge is 2.33. The van der Waals surface area contributed by atoms with Crippen molar-refractivity contribution in [3.05, 3.63) is 52.2 Å². The number of rotatable bonds is 8. The van der Waals surface area contributed by atoms with Gasteiger partial charge in [0.15, 0.2) is 6.10 Å². The van der Waals surface area contributed by atoms with Crippen LogP contribution in [0.5, 0.6) is 5.75 Å². The molecule has 0 aliphatic rings. The molecule has 6 nitrogen and oxygen atoms in total. The van der Waals surface area contributed by atoms with Crippen LogP contribution in [0.4, 0.5) is 0 Å². The number of carboxylic acid groups (broad SMARTS) is 1. The molecular weight excluding hydrogens is 484 g/mol. The molecule has 2 aromatic heterocycles. The average molecular weight is 521 g/mol. The van der Waals surface area contributed by atoms with Gasteiger partial charge in [0.2, 0.25) is 0 Å². The zero-order valence-electron chi connectivity index (χ0n) is 22.9. The van der Waals surface area contributed by atoms with Gasteiger partial charge >= 0.3 is 5.97 Å². The van der Waals surface area contributed by atoms with Crippen molar-refractivity contribution in [3.8, 4) is 16.9 Å². The zero-order valence-corrected chi connectivity index (χ0v) is 23.7. The van der Waals surface area contributed by atoms with E-state index in [4.69, 9.17) is 19.4 Å². The van der Waals surface area contributed by atoms with Gasteiger partial charge in [-0.15, -0.1) is 11.3 Å². The topological polar surface area (TPSA) is 81.5 Å². The number of carbonyl (C=O) groups is 1.